The lowest BCUT2D eigenvalue weighted by molar-refractivity contribution is -0.231. The van der Waals surface area contributed by atoms with Gasteiger partial charge in [-0.15, -0.1) is 0 Å². The number of fused-ring (bicyclic) bond motifs is 7. The molecule has 5 aliphatic carbocycles. The van der Waals surface area contributed by atoms with E-state index in [1.807, 2.05) is 0 Å². The molecule has 208 valence electrons. The summed E-state index contributed by atoms with van der Waals surface area (Å²) in [6, 6.07) is 0. The smallest absolute Gasteiger partial charge is 0.310 e. The van der Waals surface area contributed by atoms with Crippen LogP contribution in [-0.4, -0.2) is 27.6 Å². The summed E-state index contributed by atoms with van der Waals surface area (Å²) in [4.78, 5) is 25.7. The Labute approximate surface area is 225 Å². The van der Waals surface area contributed by atoms with Gasteiger partial charge >= 0.3 is 5.97 Å². The fraction of sp³-hybridized carbons (Fsp3) is 0.879. The summed E-state index contributed by atoms with van der Waals surface area (Å²) in [5.74, 6) is 0.511. The van der Waals surface area contributed by atoms with Crippen LogP contribution in [0.15, 0.2) is 11.6 Å². The molecule has 4 nitrogen and oxygen atoms in total. The Hall–Kier alpha value is -1.16. The molecule has 0 aliphatic heterocycles. The fourth-order valence-corrected chi connectivity index (χ4v) is 11.6. The van der Waals surface area contributed by atoms with E-state index in [0.29, 0.717) is 18.3 Å². The van der Waals surface area contributed by atoms with Crippen molar-refractivity contribution < 1.29 is 19.8 Å². The molecule has 5 aliphatic rings. The molecule has 4 fully saturated rings. The third-order valence-corrected chi connectivity index (χ3v) is 14.7. The molecule has 37 heavy (non-hydrogen) atoms. The molecule has 0 amide bonds. The minimum atomic E-state index is -1.25. The van der Waals surface area contributed by atoms with Gasteiger partial charge in [0.2, 0.25) is 0 Å². The SMILES string of the molecule is CC(=O)[C@]1(O)CC[C@]2(C)[C@H]3CC=C4[C@@H]5[C@@H](C)C(C)(C)CC[C@]5(C(=O)O)CC[C@@]4(C)[C@]3(C)CC[C@H]2C1(C)C. The predicted molar refractivity (Wildman–Crippen MR) is 147 cm³/mol. The molecule has 2 N–H and O–H groups in total. The molecular weight excluding hydrogens is 460 g/mol. The molecule has 0 aromatic rings. The lowest BCUT2D eigenvalue weighted by Gasteiger charge is -2.72. The average molecular weight is 513 g/mol. The van der Waals surface area contributed by atoms with Crippen molar-refractivity contribution in [1.82, 2.24) is 0 Å². The van der Waals surface area contributed by atoms with Gasteiger partial charge in [0.1, 0.15) is 5.60 Å². The first-order valence-electron chi connectivity index (χ1n) is 15.0. The molecule has 0 bridgehead atoms. The number of aliphatic hydroxyl groups is 1. The van der Waals surface area contributed by atoms with E-state index in [0.717, 1.165) is 51.4 Å². The molecule has 0 spiro atoms. The minimum Gasteiger partial charge on any atom is -0.481 e. The van der Waals surface area contributed by atoms with Crippen molar-refractivity contribution in [2.75, 3.05) is 0 Å². The second-order valence-electron chi connectivity index (χ2n) is 16.1. The predicted octanol–water partition coefficient (Wildman–Crippen LogP) is 7.44. The van der Waals surface area contributed by atoms with Crippen LogP contribution in [0, 0.1) is 56.2 Å². The lowest BCUT2D eigenvalue weighted by Crippen LogP contribution is -2.68. The highest BCUT2D eigenvalue weighted by atomic mass is 16.4. The number of allylic oxidation sites excluding steroid dienone is 2. The molecule has 0 heterocycles. The Balaban J connectivity index is 1.61. The van der Waals surface area contributed by atoms with Gasteiger partial charge in [-0.1, -0.05) is 67.0 Å². The average Bonchev–Trinajstić information content (AvgIpc) is 2.79. The van der Waals surface area contributed by atoms with E-state index >= 15 is 0 Å². The van der Waals surface area contributed by atoms with Crippen molar-refractivity contribution in [3.05, 3.63) is 11.6 Å². The van der Waals surface area contributed by atoms with Gasteiger partial charge in [0.05, 0.1) is 5.41 Å². The molecule has 9 atom stereocenters. The maximum absolute atomic E-state index is 13.0. The first-order valence-corrected chi connectivity index (χ1v) is 15.0. The van der Waals surface area contributed by atoms with E-state index < -0.39 is 22.4 Å². The number of carbonyl (C=O) groups is 2. The van der Waals surface area contributed by atoms with Gasteiger partial charge in [-0.2, -0.15) is 0 Å². The van der Waals surface area contributed by atoms with Gasteiger partial charge < -0.3 is 10.2 Å². The summed E-state index contributed by atoms with van der Waals surface area (Å²) in [7, 11) is 0. The van der Waals surface area contributed by atoms with Crippen molar-refractivity contribution in [3.8, 4) is 0 Å². The highest BCUT2D eigenvalue weighted by Gasteiger charge is 2.71. The number of ketones is 1. The van der Waals surface area contributed by atoms with E-state index in [1.54, 1.807) is 6.92 Å². The first kappa shape index (κ1) is 27.4. The molecule has 4 saturated carbocycles. The van der Waals surface area contributed by atoms with E-state index in [-0.39, 0.29) is 39.3 Å². The van der Waals surface area contributed by atoms with Gasteiger partial charge in [-0.3, -0.25) is 9.59 Å². The van der Waals surface area contributed by atoms with E-state index in [2.05, 4.69) is 61.5 Å². The molecule has 5 rings (SSSR count). The first-order chi connectivity index (χ1) is 16.9. The maximum atomic E-state index is 13.0. The summed E-state index contributed by atoms with van der Waals surface area (Å²) >= 11 is 0. The van der Waals surface area contributed by atoms with Crippen LogP contribution >= 0.6 is 0 Å². The van der Waals surface area contributed by atoms with Crippen molar-refractivity contribution in [2.24, 2.45) is 56.2 Å². The van der Waals surface area contributed by atoms with E-state index in [4.69, 9.17) is 0 Å². The van der Waals surface area contributed by atoms with Crippen LogP contribution in [0.3, 0.4) is 0 Å². The Kier molecular flexibility index (Phi) is 5.73. The largest absolute Gasteiger partial charge is 0.481 e. The van der Waals surface area contributed by atoms with Crippen LogP contribution in [0.5, 0.6) is 0 Å². The summed E-state index contributed by atoms with van der Waals surface area (Å²) in [6.45, 7) is 20.3. The Morgan fingerprint density at radius 1 is 0.865 bits per heavy atom. The number of aliphatic carboxylic acids is 1. The fourth-order valence-electron chi connectivity index (χ4n) is 11.6. The number of carboxylic acid groups (broad SMARTS) is 1. The zero-order chi connectivity index (χ0) is 27.6. The summed E-state index contributed by atoms with van der Waals surface area (Å²) in [5.41, 5.74) is -0.655. The number of Topliss-reactive ketones (excluding diaryl/α,β-unsaturated/α-hetero) is 1. The topological polar surface area (TPSA) is 74.6 Å². The van der Waals surface area contributed by atoms with E-state index in [9.17, 15) is 19.8 Å². The van der Waals surface area contributed by atoms with Crippen LogP contribution < -0.4 is 0 Å². The molecule has 4 heteroatoms. The van der Waals surface area contributed by atoms with Crippen LogP contribution in [0.4, 0.5) is 0 Å². The molecule has 0 aromatic carbocycles. The number of carbonyl (C=O) groups excluding carboxylic acids is 1. The minimum absolute atomic E-state index is 0.0202. The number of hydrogen-bond acceptors (Lipinski definition) is 3. The van der Waals surface area contributed by atoms with E-state index in [1.165, 1.54) is 5.57 Å². The number of carboxylic acids is 1. The van der Waals surface area contributed by atoms with Gasteiger partial charge in [0.25, 0.3) is 0 Å². The molecule has 0 unspecified atom stereocenters. The van der Waals surface area contributed by atoms with Crippen molar-refractivity contribution in [2.45, 2.75) is 126 Å². The third-order valence-electron chi connectivity index (χ3n) is 14.7. The molecule has 0 saturated heterocycles. The van der Waals surface area contributed by atoms with Crippen LogP contribution in [0.2, 0.25) is 0 Å². The Morgan fingerprint density at radius 3 is 2.08 bits per heavy atom. The number of rotatable bonds is 2. The summed E-state index contributed by atoms with van der Waals surface area (Å²) in [6.07, 6.45) is 10.5. The van der Waals surface area contributed by atoms with Crippen molar-refractivity contribution in [1.29, 1.82) is 0 Å². The molecule has 0 aromatic heterocycles. The standard InChI is InChI=1S/C33H52O4/c1-20-25-22-10-11-24-29(7)15-19-33(37,21(2)34)28(5,6)23(29)12-13-31(24,9)30(22,8)16-18-32(25,26(35)36)17-14-27(20,3)4/h10,20,23-25,37H,11-19H2,1-9H3,(H,35,36)/t20-,23+,24-,25+,29+,30-,31-,32+,33-/m1/s1. The normalized spacial score (nSPS) is 52.0. The van der Waals surface area contributed by atoms with Gasteiger partial charge in [-0.05, 0) is 110 Å². The summed E-state index contributed by atoms with van der Waals surface area (Å²) in [5, 5.41) is 22.3. The highest BCUT2D eigenvalue weighted by molar-refractivity contribution is 5.86. The monoisotopic (exact) mass is 512 g/mol. The number of hydrogen-bond donors (Lipinski definition) is 2. The van der Waals surface area contributed by atoms with Gasteiger partial charge in [0.15, 0.2) is 5.78 Å². The van der Waals surface area contributed by atoms with Crippen LogP contribution in [-0.2, 0) is 9.59 Å². The second-order valence-corrected chi connectivity index (χ2v) is 16.1. The summed E-state index contributed by atoms with van der Waals surface area (Å²) < 4.78 is 0. The third kappa shape index (κ3) is 3.06. The Morgan fingerprint density at radius 2 is 1.49 bits per heavy atom. The molecule has 0 radical (unpaired) electrons. The zero-order valence-corrected chi connectivity index (χ0v) is 25.0. The maximum Gasteiger partial charge on any atom is 0.310 e. The van der Waals surface area contributed by atoms with Gasteiger partial charge in [-0.25, -0.2) is 0 Å². The van der Waals surface area contributed by atoms with Crippen molar-refractivity contribution >= 4 is 11.8 Å². The second kappa shape index (κ2) is 7.73. The van der Waals surface area contributed by atoms with Crippen LogP contribution in [0.25, 0.3) is 0 Å². The Bertz CT molecular complexity index is 1050. The van der Waals surface area contributed by atoms with Crippen molar-refractivity contribution in [3.63, 3.8) is 0 Å². The zero-order valence-electron chi connectivity index (χ0n) is 25.0. The quantitative estimate of drug-likeness (QED) is 0.377. The highest BCUT2D eigenvalue weighted by Crippen LogP contribution is 2.76. The molecular formula is C33H52O4. The van der Waals surface area contributed by atoms with Gasteiger partial charge in [0, 0.05) is 5.41 Å². The lowest BCUT2D eigenvalue weighted by atomic mass is 9.32. The van der Waals surface area contributed by atoms with Crippen LogP contribution in [0.1, 0.15) is 120 Å².